The summed E-state index contributed by atoms with van der Waals surface area (Å²) in [6.07, 6.45) is -9.46. The molecule has 0 saturated heterocycles. The second-order valence-electron chi connectivity index (χ2n) is 5.67. The fourth-order valence-electron chi connectivity index (χ4n) is 2.15. The first-order valence-electron chi connectivity index (χ1n) is 7.61. The van der Waals surface area contributed by atoms with Gasteiger partial charge in [-0.05, 0) is 37.3 Å². The molecule has 0 aliphatic rings. The largest absolute Gasteiger partial charge is 1.00 e. The normalized spacial score (nSPS) is 12.5. The first-order valence-corrected chi connectivity index (χ1v) is 9.12. The van der Waals surface area contributed by atoms with E-state index in [0.717, 1.165) is 6.08 Å². The van der Waals surface area contributed by atoms with Gasteiger partial charge in [0, 0.05) is 16.7 Å². The van der Waals surface area contributed by atoms with Gasteiger partial charge in [-0.2, -0.15) is 26.3 Å². The van der Waals surface area contributed by atoms with Gasteiger partial charge in [0.2, 0.25) is 0 Å². The quantitative estimate of drug-likeness (QED) is 0.516. The summed E-state index contributed by atoms with van der Waals surface area (Å²) in [6, 6.07) is 4.81. The number of pyridine rings is 1. The monoisotopic (exact) mass is 460 g/mol. The molecule has 13 heteroatoms. The van der Waals surface area contributed by atoms with Crippen LogP contribution in [0.15, 0.2) is 41.8 Å². The molecule has 0 atom stereocenters. The summed E-state index contributed by atoms with van der Waals surface area (Å²) in [5, 5.41) is 0.448. The minimum atomic E-state index is -5.34. The molecule has 2 aromatic rings. The minimum absolute atomic E-state index is 0. The van der Waals surface area contributed by atoms with E-state index in [1.54, 1.807) is 19.1 Å². The number of benzene rings is 1. The third kappa shape index (κ3) is 7.11. The molecule has 0 aliphatic carbocycles. The summed E-state index contributed by atoms with van der Waals surface area (Å²) in [5.74, 6) is -1.85. The number of amides is 1. The predicted octanol–water partition coefficient (Wildman–Crippen LogP) is 1.95. The number of aromatic nitrogens is 1. The molecule has 0 spiro atoms. The van der Waals surface area contributed by atoms with Crippen molar-refractivity contribution >= 4 is 22.0 Å². The van der Waals surface area contributed by atoms with E-state index >= 15 is 0 Å². The van der Waals surface area contributed by atoms with E-state index in [1.807, 2.05) is 0 Å². The maximum Gasteiger partial charge on any atom is 1.00 e. The Kier molecular flexibility index (Phi) is 8.28. The van der Waals surface area contributed by atoms with Gasteiger partial charge in [-0.25, -0.2) is 8.42 Å². The molecule has 0 bridgehead atoms. The average Bonchev–Trinajstić information content (AvgIpc) is 2.58. The molecule has 1 heterocycles. The number of hydrogen-bond acceptors (Lipinski definition) is 4. The van der Waals surface area contributed by atoms with Crippen molar-refractivity contribution in [3.63, 3.8) is 0 Å². The van der Waals surface area contributed by atoms with E-state index in [4.69, 9.17) is 0 Å². The number of nitrogens with zero attached hydrogens (tertiary/aromatic N) is 2. The molecule has 2 rings (SSSR count). The van der Waals surface area contributed by atoms with Crippen molar-refractivity contribution in [1.29, 1.82) is 0 Å². The topological polar surface area (TPSA) is 78.2 Å². The molecule has 0 N–H and O–H groups in total. The molecule has 1 amide bonds. The summed E-state index contributed by atoms with van der Waals surface area (Å²) >= 11 is 0. The maximum atomic E-state index is 13.1. The van der Waals surface area contributed by atoms with E-state index in [-0.39, 0.29) is 53.5 Å². The van der Waals surface area contributed by atoms with Gasteiger partial charge < -0.3 is 9.52 Å². The van der Waals surface area contributed by atoms with E-state index in [9.17, 15) is 39.6 Å². The minimum Gasteiger partial charge on any atom is -0.538 e. The Morgan fingerprint density at radius 2 is 1.67 bits per heavy atom. The van der Waals surface area contributed by atoms with Crippen LogP contribution in [0.2, 0.25) is 0 Å². The average molecular weight is 460 g/mol. The van der Waals surface area contributed by atoms with E-state index in [2.05, 4.69) is 9.71 Å². The molecular weight excluding hydrogens is 449 g/mol. The van der Waals surface area contributed by atoms with Gasteiger partial charge in [0.05, 0.1) is 22.7 Å². The van der Waals surface area contributed by atoms with Crippen LogP contribution in [0.4, 0.5) is 26.3 Å². The molecule has 5 nitrogen and oxygen atoms in total. The van der Waals surface area contributed by atoms with Crippen molar-refractivity contribution in [3.8, 4) is 0 Å². The van der Waals surface area contributed by atoms with Crippen molar-refractivity contribution in [1.82, 2.24) is 4.98 Å². The molecule has 156 valence electrons. The molecule has 0 saturated carbocycles. The number of aryl methyl sites for hydroxylation is 1. The second-order valence-corrected chi connectivity index (χ2v) is 7.16. The Morgan fingerprint density at radius 1 is 1.03 bits per heavy atom. The number of carbonyl (C=O) groups is 1. The van der Waals surface area contributed by atoms with E-state index < -0.39 is 45.0 Å². The smallest absolute Gasteiger partial charge is 0.538 e. The van der Waals surface area contributed by atoms with E-state index in [1.165, 1.54) is 6.07 Å². The molecule has 0 radical (unpaired) electrons. The van der Waals surface area contributed by atoms with Crippen molar-refractivity contribution < 1.29 is 69.1 Å². The van der Waals surface area contributed by atoms with Crippen LogP contribution in [0, 0.1) is 6.92 Å². The fraction of sp³-hybridized carbons (Fsp3) is 0.176. The van der Waals surface area contributed by atoms with Gasteiger partial charge in [0.1, 0.15) is 10.0 Å². The fourth-order valence-corrected chi connectivity index (χ4v) is 2.85. The van der Waals surface area contributed by atoms with Gasteiger partial charge in [-0.15, -0.1) is 0 Å². The van der Waals surface area contributed by atoms with Crippen LogP contribution in [-0.2, 0) is 22.4 Å². The van der Waals surface area contributed by atoms with Crippen LogP contribution in [0.5, 0.6) is 0 Å². The second kappa shape index (κ2) is 9.50. The predicted molar refractivity (Wildman–Crippen MR) is 91.1 cm³/mol. The van der Waals surface area contributed by atoms with E-state index in [0.29, 0.717) is 11.1 Å². The van der Waals surface area contributed by atoms with Gasteiger partial charge in [0.25, 0.3) is 0 Å². The summed E-state index contributed by atoms with van der Waals surface area (Å²) in [4.78, 5) is 15.9. The molecule has 0 unspecified atom stereocenters. The summed E-state index contributed by atoms with van der Waals surface area (Å²) < 4.78 is 104. The zero-order valence-corrected chi connectivity index (χ0v) is 18.2. The number of hydrogen-bond donors (Lipinski definition) is 0. The van der Waals surface area contributed by atoms with Gasteiger partial charge in [-0.3, -0.25) is 4.98 Å². The van der Waals surface area contributed by atoms with Crippen molar-refractivity contribution in [3.05, 3.63) is 74.6 Å². The van der Waals surface area contributed by atoms with Gasteiger partial charge in [0.15, 0.2) is 0 Å². The SMILES string of the molecule is Cc1cccc(/C=C/S(=O)(=O)[N-]C(=O)c2ccc(C(F)(F)F)cc2C(F)(F)F)n1.[Na+]. The molecule has 0 aliphatic heterocycles. The van der Waals surface area contributed by atoms with Crippen LogP contribution in [0.25, 0.3) is 10.8 Å². The first kappa shape index (κ1) is 26.1. The Balaban J connectivity index is 0.00000450. The Labute approximate surface area is 189 Å². The zero-order chi connectivity index (χ0) is 22.0. The van der Waals surface area contributed by atoms with Crippen molar-refractivity contribution in [2.24, 2.45) is 0 Å². The number of halogens is 6. The van der Waals surface area contributed by atoms with Crippen LogP contribution in [0.1, 0.15) is 32.9 Å². The van der Waals surface area contributed by atoms with Crippen LogP contribution < -0.4 is 29.6 Å². The van der Waals surface area contributed by atoms with Gasteiger partial charge in [-0.1, -0.05) is 12.1 Å². The summed E-state index contributed by atoms with van der Waals surface area (Å²) in [6.45, 7) is 1.63. The molecular formula is C17H11F6N2NaO3S. The Hall–Kier alpha value is -1.89. The summed E-state index contributed by atoms with van der Waals surface area (Å²) in [7, 11) is -4.68. The molecule has 0 fully saturated rings. The standard InChI is InChI=1S/C17H12F6N2O3S.Na/c1-10-3-2-4-12(24-10)7-8-29(27,28)25-15(26)13-6-5-11(16(18,19)20)9-14(13)17(21,22)23;/h2-9H,1H3,(H,25,26);/q;+1/p-1/b8-7+;. The van der Waals surface area contributed by atoms with Crippen LogP contribution >= 0.6 is 0 Å². The first-order chi connectivity index (χ1) is 13.2. The molecule has 30 heavy (non-hydrogen) atoms. The third-order valence-electron chi connectivity index (χ3n) is 3.41. The maximum absolute atomic E-state index is 13.1. The number of carbonyl (C=O) groups excluding carboxylic acids is 1. The van der Waals surface area contributed by atoms with Gasteiger partial charge >= 0.3 is 41.9 Å². The van der Waals surface area contributed by atoms with Crippen LogP contribution in [0.3, 0.4) is 0 Å². The Bertz CT molecular complexity index is 1070. The third-order valence-corrected chi connectivity index (χ3v) is 4.31. The zero-order valence-electron chi connectivity index (χ0n) is 15.4. The summed E-state index contributed by atoms with van der Waals surface area (Å²) in [5.41, 5.74) is -4.18. The Morgan fingerprint density at radius 3 is 2.20 bits per heavy atom. The number of sulfonamides is 1. The number of rotatable bonds is 4. The molecule has 1 aromatic carbocycles. The van der Waals surface area contributed by atoms with Crippen molar-refractivity contribution in [2.45, 2.75) is 19.3 Å². The van der Waals surface area contributed by atoms with Crippen molar-refractivity contribution in [2.75, 3.05) is 0 Å². The molecule has 1 aromatic heterocycles. The van der Waals surface area contributed by atoms with Crippen LogP contribution in [-0.4, -0.2) is 19.3 Å². The number of alkyl halides is 6.